The summed E-state index contributed by atoms with van der Waals surface area (Å²) < 4.78 is 44.5. The summed E-state index contributed by atoms with van der Waals surface area (Å²) in [4.78, 5) is 23.7. The topological polar surface area (TPSA) is 80.9 Å². The monoisotopic (exact) mass is 348 g/mol. The number of halogens is 3. The first-order chi connectivity index (χ1) is 11.9. The minimum Gasteiger partial charge on any atom is -0.467 e. The zero-order valence-corrected chi connectivity index (χ0v) is 12.6. The molecule has 0 saturated carbocycles. The number of amides is 1. The van der Waals surface area contributed by atoms with Gasteiger partial charge in [-0.2, -0.15) is 13.2 Å². The van der Waals surface area contributed by atoms with Gasteiger partial charge >= 0.3 is 6.18 Å². The van der Waals surface area contributed by atoms with Crippen LogP contribution in [0, 0.1) is 0 Å². The number of nitrogens with one attached hydrogen (secondary N) is 1. The third kappa shape index (κ3) is 3.82. The minimum absolute atomic E-state index is 0.0634. The fourth-order valence-corrected chi connectivity index (χ4v) is 2.05. The molecule has 6 nitrogen and oxygen atoms in total. The van der Waals surface area contributed by atoms with E-state index in [-0.39, 0.29) is 18.1 Å². The normalized spacial score (nSPS) is 11.3. The van der Waals surface area contributed by atoms with Crippen molar-refractivity contribution in [2.75, 3.05) is 0 Å². The van der Waals surface area contributed by atoms with E-state index in [4.69, 9.17) is 4.42 Å². The summed E-state index contributed by atoms with van der Waals surface area (Å²) in [6.07, 6.45) is -1.33. The van der Waals surface area contributed by atoms with Gasteiger partial charge in [-0.15, -0.1) is 0 Å². The molecule has 3 rings (SSSR count). The van der Waals surface area contributed by atoms with Crippen molar-refractivity contribution < 1.29 is 22.4 Å². The Morgan fingerprint density at radius 1 is 1.16 bits per heavy atom. The van der Waals surface area contributed by atoms with Crippen LogP contribution in [0.5, 0.6) is 0 Å². The van der Waals surface area contributed by atoms with Crippen LogP contribution < -0.4 is 5.32 Å². The number of rotatable bonds is 4. The molecule has 0 bridgehead atoms. The van der Waals surface area contributed by atoms with E-state index < -0.39 is 23.3 Å². The fourth-order valence-electron chi connectivity index (χ4n) is 2.05. The summed E-state index contributed by atoms with van der Waals surface area (Å²) in [6, 6.07) is 8.01. The van der Waals surface area contributed by atoms with Gasteiger partial charge < -0.3 is 9.73 Å². The van der Waals surface area contributed by atoms with Crippen LogP contribution in [0.25, 0.3) is 11.5 Å². The Morgan fingerprint density at radius 3 is 2.64 bits per heavy atom. The molecule has 0 radical (unpaired) electrons. The molecular formula is C16H11F3N4O2. The number of carbonyl (C=O) groups excluding carboxylic acids is 1. The van der Waals surface area contributed by atoms with Crippen LogP contribution in [0.1, 0.15) is 21.8 Å². The molecular weight excluding hydrogens is 337 g/mol. The summed E-state index contributed by atoms with van der Waals surface area (Å²) in [6.45, 7) is -0.0634. The summed E-state index contributed by atoms with van der Waals surface area (Å²) >= 11 is 0. The van der Waals surface area contributed by atoms with E-state index in [2.05, 4.69) is 20.3 Å². The van der Waals surface area contributed by atoms with E-state index in [9.17, 15) is 18.0 Å². The summed E-state index contributed by atoms with van der Waals surface area (Å²) in [5.41, 5.74) is -1.73. The van der Waals surface area contributed by atoms with Gasteiger partial charge in [0.2, 0.25) is 0 Å². The predicted molar refractivity (Wildman–Crippen MR) is 80.1 cm³/mol. The van der Waals surface area contributed by atoms with E-state index in [1.54, 1.807) is 24.3 Å². The largest absolute Gasteiger partial charge is 0.467 e. The van der Waals surface area contributed by atoms with Crippen molar-refractivity contribution in [2.24, 2.45) is 0 Å². The van der Waals surface area contributed by atoms with E-state index in [1.165, 1.54) is 18.5 Å². The molecule has 3 aromatic rings. The summed E-state index contributed by atoms with van der Waals surface area (Å²) in [5.74, 6) is -0.652. The van der Waals surface area contributed by atoms with Crippen molar-refractivity contribution in [3.63, 3.8) is 0 Å². The van der Waals surface area contributed by atoms with Gasteiger partial charge in [-0.25, -0.2) is 9.97 Å². The molecule has 0 fully saturated rings. The van der Waals surface area contributed by atoms with Crippen LogP contribution in [0.15, 0.2) is 53.4 Å². The Balaban J connectivity index is 1.94. The van der Waals surface area contributed by atoms with Crippen LogP contribution in [0.4, 0.5) is 13.2 Å². The Labute approximate surface area is 139 Å². The second kappa shape index (κ2) is 6.71. The maximum Gasteiger partial charge on any atom is 0.420 e. The highest BCUT2D eigenvalue weighted by Gasteiger charge is 2.37. The molecule has 0 spiro atoms. The molecule has 3 heterocycles. The minimum atomic E-state index is -4.76. The number of hydrogen-bond donors (Lipinski definition) is 1. The third-order valence-electron chi connectivity index (χ3n) is 3.21. The van der Waals surface area contributed by atoms with Crippen molar-refractivity contribution in [3.05, 3.63) is 66.0 Å². The first-order valence-electron chi connectivity index (χ1n) is 7.11. The standard InChI is InChI=1S/C16H11F3N4O2/c17-16(18,19)11-9-21-14(12-5-1-2-6-20-12)23-13(11)15(24)22-8-10-4-3-7-25-10/h1-7,9H,8H2,(H,22,24). The summed E-state index contributed by atoms with van der Waals surface area (Å²) in [5, 5.41) is 2.35. The number of nitrogens with zero attached hydrogens (tertiary/aromatic N) is 3. The second-order valence-electron chi connectivity index (χ2n) is 4.93. The number of furan rings is 1. The molecule has 0 aliphatic heterocycles. The Morgan fingerprint density at radius 2 is 2.00 bits per heavy atom. The zero-order chi connectivity index (χ0) is 17.9. The lowest BCUT2D eigenvalue weighted by atomic mass is 10.2. The van der Waals surface area contributed by atoms with Crippen LogP contribution in [0.2, 0.25) is 0 Å². The molecule has 0 saturated heterocycles. The smallest absolute Gasteiger partial charge is 0.420 e. The fraction of sp³-hybridized carbons (Fsp3) is 0.125. The van der Waals surface area contributed by atoms with Crippen LogP contribution >= 0.6 is 0 Å². The number of alkyl halides is 3. The lowest BCUT2D eigenvalue weighted by Gasteiger charge is -2.12. The van der Waals surface area contributed by atoms with Crippen molar-refractivity contribution in [1.82, 2.24) is 20.3 Å². The predicted octanol–water partition coefficient (Wildman–Crippen LogP) is 3.08. The molecule has 9 heteroatoms. The highest BCUT2D eigenvalue weighted by Crippen LogP contribution is 2.31. The number of pyridine rings is 1. The van der Waals surface area contributed by atoms with Gasteiger partial charge in [0.05, 0.1) is 12.8 Å². The Kier molecular flexibility index (Phi) is 4.46. The highest BCUT2D eigenvalue weighted by atomic mass is 19.4. The van der Waals surface area contributed by atoms with Crippen LogP contribution in [-0.4, -0.2) is 20.9 Å². The molecule has 0 aliphatic carbocycles. The van der Waals surface area contributed by atoms with Crippen molar-refractivity contribution in [3.8, 4) is 11.5 Å². The van der Waals surface area contributed by atoms with Crippen LogP contribution in [-0.2, 0) is 12.7 Å². The van der Waals surface area contributed by atoms with Crippen molar-refractivity contribution in [2.45, 2.75) is 12.7 Å². The average molecular weight is 348 g/mol. The van der Waals surface area contributed by atoms with Crippen molar-refractivity contribution >= 4 is 5.91 Å². The first-order valence-corrected chi connectivity index (χ1v) is 7.11. The Bertz CT molecular complexity index is 865. The molecule has 3 aromatic heterocycles. The quantitative estimate of drug-likeness (QED) is 0.784. The molecule has 0 aromatic carbocycles. The molecule has 1 N–H and O–H groups in total. The number of aromatic nitrogens is 3. The van der Waals surface area contributed by atoms with E-state index in [1.807, 2.05) is 0 Å². The third-order valence-corrected chi connectivity index (χ3v) is 3.21. The molecule has 128 valence electrons. The SMILES string of the molecule is O=C(NCc1ccco1)c1nc(-c2ccccn2)ncc1C(F)(F)F. The van der Waals surface area contributed by atoms with Gasteiger partial charge in [0.1, 0.15) is 22.7 Å². The molecule has 0 unspecified atom stereocenters. The van der Waals surface area contributed by atoms with Gasteiger partial charge in [-0.3, -0.25) is 9.78 Å². The molecule has 25 heavy (non-hydrogen) atoms. The second-order valence-corrected chi connectivity index (χ2v) is 4.93. The lowest BCUT2D eigenvalue weighted by molar-refractivity contribution is -0.138. The number of hydrogen-bond acceptors (Lipinski definition) is 5. The summed E-state index contributed by atoms with van der Waals surface area (Å²) in [7, 11) is 0. The van der Waals surface area contributed by atoms with E-state index in [0.29, 0.717) is 12.0 Å². The van der Waals surface area contributed by atoms with E-state index >= 15 is 0 Å². The lowest BCUT2D eigenvalue weighted by Crippen LogP contribution is -2.27. The van der Waals surface area contributed by atoms with Gasteiger partial charge in [0.25, 0.3) is 5.91 Å². The van der Waals surface area contributed by atoms with Gasteiger partial charge in [-0.05, 0) is 24.3 Å². The molecule has 0 atom stereocenters. The van der Waals surface area contributed by atoms with Gasteiger partial charge in [-0.1, -0.05) is 6.07 Å². The first kappa shape index (κ1) is 16.6. The maximum atomic E-state index is 13.2. The van der Waals surface area contributed by atoms with Crippen LogP contribution in [0.3, 0.4) is 0 Å². The van der Waals surface area contributed by atoms with Gasteiger partial charge in [0.15, 0.2) is 5.82 Å². The highest BCUT2D eigenvalue weighted by molar-refractivity contribution is 5.94. The zero-order valence-electron chi connectivity index (χ0n) is 12.6. The van der Waals surface area contributed by atoms with E-state index in [0.717, 1.165) is 0 Å². The van der Waals surface area contributed by atoms with Gasteiger partial charge in [0, 0.05) is 12.4 Å². The number of carbonyl (C=O) groups is 1. The maximum absolute atomic E-state index is 13.2. The molecule has 0 aliphatic rings. The average Bonchev–Trinajstić information content (AvgIpc) is 3.12. The Hall–Kier alpha value is -3.23. The van der Waals surface area contributed by atoms with Crippen molar-refractivity contribution in [1.29, 1.82) is 0 Å². The molecule has 1 amide bonds.